The van der Waals surface area contributed by atoms with Gasteiger partial charge in [0.1, 0.15) is 0 Å². The van der Waals surface area contributed by atoms with E-state index in [9.17, 15) is 23.1 Å². The number of rotatable bonds is 6. The number of halogens is 3. The number of alkyl halides is 3. The van der Waals surface area contributed by atoms with E-state index >= 15 is 0 Å². The molecule has 2 unspecified atom stereocenters. The maximum atomic E-state index is 12.4. The van der Waals surface area contributed by atoms with E-state index in [0.717, 1.165) is 0 Å². The number of carbonyl (C=O) groups excluding carboxylic acids is 1. The van der Waals surface area contributed by atoms with Gasteiger partial charge in [0, 0.05) is 11.4 Å². The molecular formula is C14H19F3N2O2S. The molecule has 3 N–H and O–H groups in total. The average molecular weight is 336 g/mol. The van der Waals surface area contributed by atoms with Gasteiger partial charge >= 0.3 is 11.5 Å². The fraction of sp³-hybridized carbons (Fsp3) is 0.500. The number of hydrogen-bond donors (Lipinski definition) is 3. The number of para-hydroxylation sites is 1. The van der Waals surface area contributed by atoms with Crippen LogP contribution in [0.1, 0.15) is 20.3 Å². The molecule has 1 aromatic carbocycles. The second-order valence-electron chi connectivity index (χ2n) is 5.07. The molecule has 0 saturated carbocycles. The minimum atomic E-state index is -4.42. The number of hydrogen-bond acceptors (Lipinski definition) is 3. The van der Waals surface area contributed by atoms with Crippen LogP contribution in [0.25, 0.3) is 0 Å². The Kier molecular flexibility index (Phi) is 7.02. The van der Waals surface area contributed by atoms with Gasteiger partial charge in [-0.25, -0.2) is 4.79 Å². The lowest BCUT2D eigenvalue weighted by molar-refractivity contribution is -0.0328. The van der Waals surface area contributed by atoms with E-state index in [1.807, 2.05) is 6.92 Å². The monoisotopic (exact) mass is 336 g/mol. The lowest BCUT2D eigenvalue weighted by Crippen LogP contribution is -2.33. The summed E-state index contributed by atoms with van der Waals surface area (Å²) in [6, 6.07) is 5.15. The number of carbonyl (C=O) groups is 1. The first-order valence-electron chi connectivity index (χ1n) is 6.75. The predicted octanol–water partition coefficient (Wildman–Crippen LogP) is 3.83. The van der Waals surface area contributed by atoms with Crippen molar-refractivity contribution in [2.45, 2.75) is 36.8 Å². The van der Waals surface area contributed by atoms with Gasteiger partial charge in [0.05, 0.1) is 11.8 Å². The van der Waals surface area contributed by atoms with Gasteiger partial charge in [0.15, 0.2) is 0 Å². The summed E-state index contributed by atoms with van der Waals surface area (Å²) < 4.78 is 37.3. The quantitative estimate of drug-likeness (QED) is 0.692. The third kappa shape index (κ3) is 7.56. The first-order valence-corrected chi connectivity index (χ1v) is 7.56. The zero-order chi connectivity index (χ0) is 16.8. The predicted molar refractivity (Wildman–Crippen MR) is 80.8 cm³/mol. The molecule has 1 rings (SSSR count). The van der Waals surface area contributed by atoms with Crippen molar-refractivity contribution in [2.75, 3.05) is 11.9 Å². The molecule has 0 radical (unpaired) electrons. The lowest BCUT2D eigenvalue weighted by atomic mass is 10.1. The molecule has 0 saturated heterocycles. The summed E-state index contributed by atoms with van der Waals surface area (Å²) in [5.41, 5.74) is -4.31. The number of benzene rings is 1. The van der Waals surface area contributed by atoms with Crippen molar-refractivity contribution < 1.29 is 23.1 Å². The standard InChI is InChI=1S/C14H19F3N2O2S/c1-9(7-10(2)20)8-18-13(21)19-11-5-3-4-6-12(11)22-14(15,16)17/h3-6,9-10,20H,7-8H2,1-2H3,(H2,18,19,21). The molecule has 1 aromatic rings. The van der Waals surface area contributed by atoms with Crippen molar-refractivity contribution in [3.05, 3.63) is 24.3 Å². The highest BCUT2D eigenvalue weighted by molar-refractivity contribution is 8.00. The smallest absolute Gasteiger partial charge is 0.393 e. The van der Waals surface area contributed by atoms with Crippen LogP contribution >= 0.6 is 11.8 Å². The van der Waals surface area contributed by atoms with Crippen LogP contribution in [0.2, 0.25) is 0 Å². The summed E-state index contributed by atoms with van der Waals surface area (Å²) in [6.07, 6.45) is 0.0598. The molecule has 0 aliphatic heterocycles. The van der Waals surface area contributed by atoms with Gasteiger partial charge in [-0.3, -0.25) is 0 Å². The fourth-order valence-corrected chi connectivity index (χ4v) is 2.51. The molecule has 0 bridgehead atoms. The summed E-state index contributed by atoms with van der Waals surface area (Å²) in [4.78, 5) is 11.7. The third-order valence-electron chi connectivity index (χ3n) is 2.72. The van der Waals surface area contributed by atoms with E-state index in [0.29, 0.717) is 13.0 Å². The van der Waals surface area contributed by atoms with E-state index in [4.69, 9.17) is 0 Å². The van der Waals surface area contributed by atoms with Gasteiger partial charge in [-0.2, -0.15) is 13.2 Å². The van der Waals surface area contributed by atoms with Crippen LogP contribution in [0.15, 0.2) is 29.2 Å². The van der Waals surface area contributed by atoms with Gasteiger partial charge in [-0.05, 0) is 43.2 Å². The third-order valence-corrected chi connectivity index (χ3v) is 3.52. The molecular weight excluding hydrogens is 317 g/mol. The van der Waals surface area contributed by atoms with Crippen molar-refractivity contribution >= 4 is 23.5 Å². The number of aliphatic hydroxyl groups excluding tert-OH is 1. The molecule has 0 fully saturated rings. The second-order valence-corrected chi connectivity index (χ2v) is 6.18. The highest BCUT2D eigenvalue weighted by Crippen LogP contribution is 2.40. The number of amides is 2. The number of nitrogens with one attached hydrogen (secondary N) is 2. The van der Waals surface area contributed by atoms with Gasteiger partial charge in [-0.1, -0.05) is 19.1 Å². The van der Waals surface area contributed by atoms with Gasteiger partial charge in [0.25, 0.3) is 0 Å². The molecule has 22 heavy (non-hydrogen) atoms. The van der Waals surface area contributed by atoms with Crippen LogP contribution in [-0.4, -0.2) is 29.3 Å². The first kappa shape index (κ1) is 18.6. The Morgan fingerprint density at radius 2 is 1.95 bits per heavy atom. The van der Waals surface area contributed by atoms with Crippen molar-refractivity contribution in [3.8, 4) is 0 Å². The maximum absolute atomic E-state index is 12.4. The van der Waals surface area contributed by atoms with Crippen molar-refractivity contribution in [1.82, 2.24) is 5.32 Å². The number of urea groups is 1. The molecule has 8 heteroatoms. The van der Waals surface area contributed by atoms with Crippen molar-refractivity contribution in [1.29, 1.82) is 0 Å². The molecule has 0 heterocycles. The van der Waals surface area contributed by atoms with Crippen molar-refractivity contribution in [2.24, 2.45) is 5.92 Å². The topological polar surface area (TPSA) is 61.4 Å². The van der Waals surface area contributed by atoms with Crippen LogP contribution in [0.5, 0.6) is 0 Å². The highest BCUT2D eigenvalue weighted by atomic mass is 32.2. The van der Waals surface area contributed by atoms with Crippen LogP contribution < -0.4 is 10.6 Å². The van der Waals surface area contributed by atoms with E-state index in [2.05, 4.69) is 10.6 Å². The van der Waals surface area contributed by atoms with Crippen molar-refractivity contribution in [3.63, 3.8) is 0 Å². The maximum Gasteiger partial charge on any atom is 0.446 e. The molecule has 4 nitrogen and oxygen atoms in total. The summed E-state index contributed by atoms with van der Waals surface area (Å²) in [5.74, 6) is 0.0607. The van der Waals surface area contributed by atoms with E-state index in [1.54, 1.807) is 13.0 Å². The molecule has 0 aliphatic carbocycles. The molecule has 0 aliphatic rings. The van der Waals surface area contributed by atoms with Crippen LogP contribution in [-0.2, 0) is 0 Å². The minimum absolute atomic E-state index is 0.0607. The van der Waals surface area contributed by atoms with Crippen LogP contribution in [0.3, 0.4) is 0 Å². The SMILES string of the molecule is CC(O)CC(C)CNC(=O)Nc1ccccc1SC(F)(F)F. The zero-order valence-corrected chi connectivity index (χ0v) is 13.1. The molecule has 2 atom stereocenters. The molecule has 2 amide bonds. The molecule has 0 spiro atoms. The van der Waals surface area contributed by atoms with E-state index in [1.165, 1.54) is 18.2 Å². The normalized spacial score (nSPS) is 14.3. The van der Waals surface area contributed by atoms with E-state index < -0.39 is 17.6 Å². The summed E-state index contributed by atoms with van der Waals surface area (Å²) in [5, 5.41) is 14.2. The van der Waals surface area contributed by atoms with Gasteiger partial charge in [-0.15, -0.1) is 0 Å². The largest absolute Gasteiger partial charge is 0.446 e. The lowest BCUT2D eigenvalue weighted by Gasteiger charge is -2.16. The summed E-state index contributed by atoms with van der Waals surface area (Å²) in [6.45, 7) is 3.84. The molecule has 0 aromatic heterocycles. The minimum Gasteiger partial charge on any atom is -0.393 e. The Labute approximate surface area is 131 Å². The Bertz CT molecular complexity index is 495. The van der Waals surface area contributed by atoms with E-state index in [-0.39, 0.29) is 28.3 Å². The molecule has 124 valence electrons. The highest BCUT2D eigenvalue weighted by Gasteiger charge is 2.30. The summed E-state index contributed by atoms with van der Waals surface area (Å²) >= 11 is -0.273. The Morgan fingerprint density at radius 3 is 2.55 bits per heavy atom. The first-order chi connectivity index (χ1) is 10.2. The number of aliphatic hydroxyl groups is 1. The van der Waals surface area contributed by atoms with Gasteiger partial charge in [0.2, 0.25) is 0 Å². The second kappa shape index (κ2) is 8.28. The Morgan fingerprint density at radius 1 is 1.32 bits per heavy atom. The summed E-state index contributed by atoms with van der Waals surface area (Å²) in [7, 11) is 0. The van der Waals surface area contributed by atoms with Crippen LogP contribution in [0.4, 0.5) is 23.7 Å². The Balaban J connectivity index is 2.58. The fourth-order valence-electron chi connectivity index (χ4n) is 1.88. The Hall–Kier alpha value is -1.41. The van der Waals surface area contributed by atoms with Crippen LogP contribution in [0, 0.1) is 5.92 Å². The number of anilines is 1. The van der Waals surface area contributed by atoms with Gasteiger partial charge < -0.3 is 15.7 Å². The average Bonchev–Trinajstić information content (AvgIpc) is 2.36. The number of thioether (sulfide) groups is 1. The zero-order valence-electron chi connectivity index (χ0n) is 12.3.